The number of benzene rings is 3. The standard InChI is InChI=1S/C24H16BrClN2/c25-18-6-3-5-17(14-18)22-21-13-10-15-4-1-2-7-20(15)23(21)28-24(27-22)16-8-11-19(26)12-9-16/h1-9,11-12,14H,10,13H2. The van der Waals surface area contributed by atoms with Crippen molar-refractivity contribution in [3.05, 3.63) is 93.4 Å². The van der Waals surface area contributed by atoms with Crippen LogP contribution in [0.5, 0.6) is 0 Å². The van der Waals surface area contributed by atoms with Gasteiger partial charge in [-0.3, -0.25) is 0 Å². The van der Waals surface area contributed by atoms with E-state index in [-0.39, 0.29) is 0 Å². The Kier molecular flexibility index (Phi) is 4.50. The van der Waals surface area contributed by atoms with Crippen LogP contribution in [0.3, 0.4) is 0 Å². The molecule has 1 aliphatic carbocycles. The van der Waals surface area contributed by atoms with E-state index in [1.165, 1.54) is 16.7 Å². The Bertz CT molecular complexity index is 1190. The van der Waals surface area contributed by atoms with E-state index in [9.17, 15) is 0 Å². The molecule has 0 radical (unpaired) electrons. The van der Waals surface area contributed by atoms with Crippen LogP contribution in [0.4, 0.5) is 0 Å². The molecule has 4 heteroatoms. The van der Waals surface area contributed by atoms with Crippen LogP contribution < -0.4 is 0 Å². The van der Waals surface area contributed by atoms with E-state index < -0.39 is 0 Å². The van der Waals surface area contributed by atoms with E-state index in [2.05, 4.69) is 52.3 Å². The Morgan fingerprint density at radius 1 is 0.750 bits per heavy atom. The van der Waals surface area contributed by atoms with Crippen LogP contribution in [0.2, 0.25) is 5.02 Å². The Labute approximate surface area is 177 Å². The number of nitrogens with zero attached hydrogens (tertiary/aromatic N) is 2. The molecular formula is C24H16BrClN2. The molecule has 0 aliphatic heterocycles. The van der Waals surface area contributed by atoms with Crippen LogP contribution in [0.1, 0.15) is 11.1 Å². The number of halogens is 2. The third-order valence-electron chi connectivity index (χ3n) is 5.12. The Morgan fingerprint density at radius 2 is 1.54 bits per heavy atom. The van der Waals surface area contributed by atoms with Gasteiger partial charge in [0, 0.05) is 31.7 Å². The van der Waals surface area contributed by atoms with Crippen LogP contribution in [-0.2, 0) is 12.8 Å². The summed E-state index contributed by atoms with van der Waals surface area (Å²) >= 11 is 9.67. The molecule has 0 fully saturated rings. The zero-order chi connectivity index (χ0) is 19.1. The minimum Gasteiger partial charge on any atom is -0.228 e. The lowest BCUT2D eigenvalue weighted by atomic mass is 9.87. The molecule has 5 rings (SSSR count). The van der Waals surface area contributed by atoms with Gasteiger partial charge in [0.25, 0.3) is 0 Å². The van der Waals surface area contributed by atoms with Crippen molar-refractivity contribution in [3.8, 4) is 33.9 Å². The Balaban J connectivity index is 1.79. The van der Waals surface area contributed by atoms with E-state index in [1.807, 2.05) is 36.4 Å². The van der Waals surface area contributed by atoms with Crippen molar-refractivity contribution in [3.63, 3.8) is 0 Å². The summed E-state index contributed by atoms with van der Waals surface area (Å²) in [6.45, 7) is 0. The zero-order valence-corrected chi connectivity index (χ0v) is 17.3. The highest BCUT2D eigenvalue weighted by Crippen LogP contribution is 2.38. The molecule has 3 aromatic carbocycles. The molecular weight excluding hydrogens is 432 g/mol. The molecule has 0 unspecified atom stereocenters. The van der Waals surface area contributed by atoms with Gasteiger partial charge in [-0.15, -0.1) is 0 Å². The first-order valence-electron chi connectivity index (χ1n) is 9.20. The van der Waals surface area contributed by atoms with E-state index in [4.69, 9.17) is 21.6 Å². The molecule has 0 amide bonds. The normalized spacial score (nSPS) is 12.4. The van der Waals surface area contributed by atoms with Crippen LogP contribution in [-0.4, -0.2) is 9.97 Å². The average molecular weight is 448 g/mol. The van der Waals surface area contributed by atoms with Gasteiger partial charge in [-0.1, -0.05) is 63.9 Å². The Hall–Kier alpha value is -2.49. The van der Waals surface area contributed by atoms with Crippen molar-refractivity contribution in [1.29, 1.82) is 0 Å². The molecule has 1 aromatic heterocycles. The molecule has 0 saturated heterocycles. The van der Waals surface area contributed by atoms with Crippen molar-refractivity contribution in [2.75, 3.05) is 0 Å². The third-order valence-corrected chi connectivity index (χ3v) is 5.87. The fraction of sp³-hybridized carbons (Fsp3) is 0.0833. The fourth-order valence-electron chi connectivity index (χ4n) is 3.78. The van der Waals surface area contributed by atoms with Gasteiger partial charge in [0.15, 0.2) is 5.82 Å². The summed E-state index contributed by atoms with van der Waals surface area (Å²) in [6, 6.07) is 24.6. The number of fused-ring (bicyclic) bond motifs is 3. The first-order valence-corrected chi connectivity index (χ1v) is 10.4. The number of aromatic nitrogens is 2. The maximum absolute atomic E-state index is 6.08. The quantitative estimate of drug-likeness (QED) is 0.331. The van der Waals surface area contributed by atoms with Gasteiger partial charge < -0.3 is 0 Å². The molecule has 0 N–H and O–H groups in total. The predicted molar refractivity (Wildman–Crippen MR) is 118 cm³/mol. The molecule has 1 heterocycles. The number of hydrogen-bond acceptors (Lipinski definition) is 2. The second-order valence-electron chi connectivity index (χ2n) is 6.90. The van der Waals surface area contributed by atoms with Crippen LogP contribution in [0.25, 0.3) is 33.9 Å². The van der Waals surface area contributed by atoms with Gasteiger partial charge in [0.1, 0.15) is 0 Å². The lowest BCUT2D eigenvalue weighted by molar-refractivity contribution is 0.916. The summed E-state index contributed by atoms with van der Waals surface area (Å²) in [7, 11) is 0. The van der Waals surface area contributed by atoms with E-state index in [1.54, 1.807) is 0 Å². The van der Waals surface area contributed by atoms with Crippen molar-refractivity contribution >= 4 is 27.5 Å². The minimum atomic E-state index is 0.708. The summed E-state index contributed by atoms with van der Waals surface area (Å²) in [6.07, 6.45) is 1.95. The van der Waals surface area contributed by atoms with Gasteiger partial charge in [-0.2, -0.15) is 0 Å². The van der Waals surface area contributed by atoms with Crippen LogP contribution in [0, 0.1) is 0 Å². The monoisotopic (exact) mass is 446 g/mol. The van der Waals surface area contributed by atoms with Gasteiger partial charge in [-0.05, 0) is 54.8 Å². The average Bonchev–Trinajstić information content (AvgIpc) is 2.73. The largest absolute Gasteiger partial charge is 0.228 e. The second-order valence-corrected chi connectivity index (χ2v) is 8.25. The lowest BCUT2D eigenvalue weighted by Gasteiger charge is -2.22. The van der Waals surface area contributed by atoms with Crippen LogP contribution in [0.15, 0.2) is 77.3 Å². The fourth-order valence-corrected chi connectivity index (χ4v) is 4.30. The molecule has 0 bridgehead atoms. The van der Waals surface area contributed by atoms with E-state index in [0.717, 1.165) is 45.7 Å². The highest BCUT2D eigenvalue weighted by molar-refractivity contribution is 9.10. The molecule has 0 saturated carbocycles. The molecule has 0 atom stereocenters. The molecule has 1 aliphatic rings. The molecule has 4 aromatic rings. The highest BCUT2D eigenvalue weighted by atomic mass is 79.9. The van der Waals surface area contributed by atoms with Crippen molar-refractivity contribution in [2.45, 2.75) is 12.8 Å². The second kappa shape index (κ2) is 7.16. The molecule has 0 spiro atoms. The molecule has 136 valence electrons. The van der Waals surface area contributed by atoms with Crippen molar-refractivity contribution < 1.29 is 0 Å². The first kappa shape index (κ1) is 17.6. The number of hydrogen-bond donors (Lipinski definition) is 0. The van der Waals surface area contributed by atoms with E-state index >= 15 is 0 Å². The topological polar surface area (TPSA) is 25.8 Å². The molecule has 2 nitrogen and oxygen atoms in total. The van der Waals surface area contributed by atoms with Crippen molar-refractivity contribution in [2.24, 2.45) is 0 Å². The SMILES string of the molecule is Clc1ccc(-c2nc(-c3cccc(Br)c3)c3c(n2)-c2ccccc2CC3)cc1. The third kappa shape index (κ3) is 3.15. The van der Waals surface area contributed by atoms with E-state index in [0.29, 0.717) is 5.02 Å². The summed E-state index contributed by atoms with van der Waals surface area (Å²) in [5.74, 6) is 0.724. The van der Waals surface area contributed by atoms with Gasteiger partial charge in [-0.25, -0.2) is 9.97 Å². The summed E-state index contributed by atoms with van der Waals surface area (Å²) in [4.78, 5) is 9.99. The highest BCUT2D eigenvalue weighted by Gasteiger charge is 2.23. The Morgan fingerprint density at radius 3 is 2.36 bits per heavy atom. The summed E-state index contributed by atoms with van der Waals surface area (Å²) in [5.41, 5.74) is 7.87. The lowest BCUT2D eigenvalue weighted by Crippen LogP contribution is -2.10. The smallest absolute Gasteiger partial charge is 0.160 e. The predicted octanol–water partition coefficient (Wildman–Crippen LogP) is 6.99. The van der Waals surface area contributed by atoms with Gasteiger partial charge >= 0.3 is 0 Å². The zero-order valence-electron chi connectivity index (χ0n) is 15.0. The summed E-state index contributed by atoms with van der Waals surface area (Å²) < 4.78 is 1.04. The van der Waals surface area contributed by atoms with Crippen LogP contribution >= 0.6 is 27.5 Å². The summed E-state index contributed by atoms with van der Waals surface area (Å²) in [5, 5.41) is 0.708. The number of rotatable bonds is 2. The van der Waals surface area contributed by atoms with Gasteiger partial charge in [0.05, 0.1) is 11.4 Å². The van der Waals surface area contributed by atoms with Crippen molar-refractivity contribution in [1.82, 2.24) is 9.97 Å². The first-order chi connectivity index (χ1) is 13.7. The number of aryl methyl sites for hydroxylation is 1. The molecule has 28 heavy (non-hydrogen) atoms. The minimum absolute atomic E-state index is 0.708. The van der Waals surface area contributed by atoms with Gasteiger partial charge in [0.2, 0.25) is 0 Å². The maximum Gasteiger partial charge on any atom is 0.160 e. The maximum atomic E-state index is 6.08.